The maximum atomic E-state index is 13.8. The predicted octanol–water partition coefficient (Wildman–Crippen LogP) is 5.34. The molecule has 0 radical (unpaired) electrons. The maximum absolute atomic E-state index is 13.8. The number of ether oxygens (including phenoxy) is 2. The Bertz CT molecular complexity index is 1290. The summed E-state index contributed by atoms with van der Waals surface area (Å²) in [5, 5.41) is 4.08. The molecule has 1 aromatic heterocycles. The van der Waals surface area contributed by atoms with E-state index in [4.69, 9.17) is 14.0 Å². The van der Waals surface area contributed by atoms with Crippen LogP contribution in [0.15, 0.2) is 77.3 Å². The molecule has 0 bridgehead atoms. The van der Waals surface area contributed by atoms with Gasteiger partial charge in [0.15, 0.2) is 11.5 Å². The molecular formula is C27H26FN3O4. The summed E-state index contributed by atoms with van der Waals surface area (Å²) < 4.78 is 29.9. The van der Waals surface area contributed by atoms with Crippen LogP contribution in [0.5, 0.6) is 11.5 Å². The molecule has 7 nitrogen and oxygen atoms in total. The van der Waals surface area contributed by atoms with Gasteiger partial charge in [-0.25, -0.2) is 4.39 Å². The van der Waals surface area contributed by atoms with E-state index in [1.165, 1.54) is 18.2 Å². The lowest BCUT2D eigenvalue weighted by molar-refractivity contribution is 0.0688. The van der Waals surface area contributed by atoms with Gasteiger partial charge in [-0.3, -0.25) is 4.79 Å². The maximum Gasteiger partial charge on any atom is 0.254 e. The summed E-state index contributed by atoms with van der Waals surface area (Å²) >= 11 is 0. The second kappa shape index (κ2) is 10.8. The minimum atomic E-state index is -0.459. The molecule has 1 atom stereocenters. The quantitative estimate of drug-likeness (QED) is 0.325. The number of carbonyl (C=O) groups is 1. The van der Waals surface area contributed by atoms with Gasteiger partial charge in [-0.15, -0.1) is 0 Å². The third-order valence-corrected chi connectivity index (χ3v) is 5.76. The summed E-state index contributed by atoms with van der Waals surface area (Å²) in [5.74, 6) is 1.20. The third kappa shape index (κ3) is 5.48. The monoisotopic (exact) mass is 475 g/mol. The molecule has 35 heavy (non-hydrogen) atoms. The molecule has 1 heterocycles. The van der Waals surface area contributed by atoms with E-state index in [2.05, 4.69) is 10.1 Å². The van der Waals surface area contributed by atoms with Gasteiger partial charge in [-0.1, -0.05) is 41.6 Å². The highest BCUT2D eigenvalue weighted by Gasteiger charge is 2.24. The minimum Gasteiger partial charge on any atom is -0.493 e. The van der Waals surface area contributed by atoms with Crippen molar-refractivity contribution in [2.45, 2.75) is 19.4 Å². The molecule has 0 saturated heterocycles. The summed E-state index contributed by atoms with van der Waals surface area (Å²) in [5.41, 5.74) is 1.96. The summed E-state index contributed by atoms with van der Waals surface area (Å²) in [7, 11) is 3.12. The molecule has 0 aliphatic carbocycles. The molecule has 0 aliphatic heterocycles. The Kier molecular flexibility index (Phi) is 7.40. The fraction of sp³-hybridized carbons (Fsp3) is 0.222. The first kappa shape index (κ1) is 23.9. The molecule has 3 aromatic carbocycles. The van der Waals surface area contributed by atoms with Gasteiger partial charge in [0, 0.05) is 24.1 Å². The zero-order valence-corrected chi connectivity index (χ0v) is 19.8. The van der Waals surface area contributed by atoms with E-state index in [9.17, 15) is 9.18 Å². The standard InChI is InChI=1S/C27H26FN3O4/c1-18(19-8-5-4-6-9-19)31(27(32)21-10-7-11-22(28)16-21)15-14-25-29-26(30-35-25)20-12-13-23(33-2)24(17-20)34-3/h4-13,16-18H,14-15H2,1-3H3/t18-/m0/s1. The lowest BCUT2D eigenvalue weighted by Gasteiger charge is -2.29. The van der Waals surface area contributed by atoms with E-state index in [0.717, 1.165) is 5.56 Å². The van der Waals surface area contributed by atoms with E-state index >= 15 is 0 Å². The van der Waals surface area contributed by atoms with Gasteiger partial charge in [-0.05, 0) is 48.9 Å². The Labute approximate surface area is 203 Å². The highest BCUT2D eigenvalue weighted by Crippen LogP contribution is 2.31. The highest BCUT2D eigenvalue weighted by atomic mass is 19.1. The summed E-state index contributed by atoms with van der Waals surface area (Å²) in [6, 6.07) is 20.5. The molecule has 0 aliphatic rings. The molecule has 8 heteroatoms. The molecule has 0 N–H and O–H groups in total. The van der Waals surface area contributed by atoms with E-state index in [1.807, 2.05) is 43.3 Å². The molecule has 4 aromatic rings. The van der Waals surface area contributed by atoms with Crippen LogP contribution in [-0.4, -0.2) is 41.7 Å². The van der Waals surface area contributed by atoms with Crippen molar-refractivity contribution in [2.75, 3.05) is 20.8 Å². The molecule has 0 spiro atoms. The van der Waals surface area contributed by atoms with Crippen molar-refractivity contribution in [1.29, 1.82) is 0 Å². The summed E-state index contributed by atoms with van der Waals surface area (Å²) in [6.45, 7) is 2.24. The number of hydrogen-bond acceptors (Lipinski definition) is 6. The molecular weight excluding hydrogens is 449 g/mol. The fourth-order valence-corrected chi connectivity index (χ4v) is 3.83. The van der Waals surface area contributed by atoms with Crippen molar-refractivity contribution in [2.24, 2.45) is 0 Å². The average molecular weight is 476 g/mol. The van der Waals surface area contributed by atoms with Gasteiger partial charge in [0.05, 0.1) is 20.3 Å². The van der Waals surface area contributed by atoms with Crippen LogP contribution in [-0.2, 0) is 6.42 Å². The Hall–Kier alpha value is -4.20. The lowest BCUT2D eigenvalue weighted by Crippen LogP contribution is -2.35. The molecule has 0 fully saturated rings. The summed E-state index contributed by atoms with van der Waals surface area (Å²) in [6.07, 6.45) is 0.332. The van der Waals surface area contributed by atoms with Gasteiger partial charge in [0.1, 0.15) is 5.82 Å². The molecule has 1 amide bonds. The van der Waals surface area contributed by atoms with Crippen LogP contribution < -0.4 is 9.47 Å². The van der Waals surface area contributed by atoms with Gasteiger partial charge >= 0.3 is 0 Å². The predicted molar refractivity (Wildman–Crippen MR) is 129 cm³/mol. The Balaban J connectivity index is 1.55. The number of hydrogen-bond donors (Lipinski definition) is 0. The average Bonchev–Trinajstić information content (AvgIpc) is 3.37. The van der Waals surface area contributed by atoms with Crippen LogP contribution in [0.1, 0.15) is 34.8 Å². The molecule has 4 rings (SSSR count). The largest absolute Gasteiger partial charge is 0.493 e. The van der Waals surface area contributed by atoms with Gasteiger partial charge in [0.2, 0.25) is 11.7 Å². The van der Waals surface area contributed by atoms with E-state index in [1.54, 1.807) is 37.3 Å². The summed E-state index contributed by atoms with van der Waals surface area (Å²) in [4.78, 5) is 19.5. The smallest absolute Gasteiger partial charge is 0.254 e. The van der Waals surface area contributed by atoms with Crippen LogP contribution in [0.25, 0.3) is 11.4 Å². The number of aromatic nitrogens is 2. The Morgan fingerprint density at radius 2 is 1.77 bits per heavy atom. The van der Waals surface area contributed by atoms with Crippen LogP contribution in [0.2, 0.25) is 0 Å². The SMILES string of the molecule is COc1ccc(-c2noc(CCN(C(=O)c3cccc(F)c3)[C@@H](C)c3ccccc3)n2)cc1OC. The normalized spacial score (nSPS) is 11.7. The first-order valence-electron chi connectivity index (χ1n) is 11.2. The van der Waals surface area contributed by atoms with Crippen molar-refractivity contribution < 1.29 is 23.2 Å². The third-order valence-electron chi connectivity index (χ3n) is 5.76. The number of halogens is 1. The van der Waals surface area contributed by atoms with Crippen LogP contribution in [0, 0.1) is 5.82 Å². The first-order valence-corrected chi connectivity index (χ1v) is 11.2. The minimum absolute atomic E-state index is 0.250. The zero-order valence-electron chi connectivity index (χ0n) is 19.8. The molecule has 180 valence electrons. The number of methoxy groups -OCH3 is 2. The first-order chi connectivity index (χ1) is 17.0. The van der Waals surface area contributed by atoms with Crippen LogP contribution in [0.4, 0.5) is 4.39 Å². The molecule has 0 unspecified atom stereocenters. The second-order valence-electron chi connectivity index (χ2n) is 7.93. The fourth-order valence-electron chi connectivity index (χ4n) is 3.83. The van der Waals surface area contributed by atoms with Crippen molar-refractivity contribution in [3.63, 3.8) is 0 Å². The van der Waals surface area contributed by atoms with Crippen molar-refractivity contribution in [3.05, 3.63) is 95.6 Å². The van der Waals surface area contributed by atoms with E-state index in [-0.39, 0.29) is 17.5 Å². The number of nitrogens with zero attached hydrogens (tertiary/aromatic N) is 3. The molecule has 0 saturated carbocycles. The Morgan fingerprint density at radius 3 is 2.49 bits per heavy atom. The van der Waals surface area contributed by atoms with E-state index < -0.39 is 5.82 Å². The van der Waals surface area contributed by atoms with Crippen molar-refractivity contribution >= 4 is 5.91 Å². The number of benzene rings is 3. The highest BCUT2D eigenvalue weighted by molar-refractivity contribution is 5.94. The number of carbonyl (C=O) groups excluding carboxylic acids is 1. The zero-order chi connectivity index (χ0) is 24.8. The van der Waals surface area contributed by atoms with Gasteiger partial charge in [0.25, 0.3) is 5.91 Å². The second-order valence-corrected chi connectivity index (χ2v) is 7.93. The van der Waals surface area contributed by atoms with Crippen molar-refractivity contribution in [3.8, 4) is 22.9 Å². The lowest BCUT2D eigenvalue weighted by atomic mass is 10.0. The number of amides is 1. The Morgan fingerprint density at radius 1 is 1.00 bits per heavy atom. The number of rotatable bonds is 9. The van der Waals surface area contributed by atoms with Gasteiger partial charge < -0.3 is 18.9 Å². The van der Waals surface area contributed by atoms with Crippen LogP contribution in [0.3, 0.4) is 0 Å². The van der Waals surface area contributed by atoms with Crippen molar-refractivity contribution in [1.82, 2.24) is 15.0 Å². The van der Waals surface area contributed by atoms with Gasteiger partial charge in [-0.2, -0.15) is 4.98 Å². The van der Waals surface area contributed by atoms with E-state index in [0.29, 0.717) is 41.7 Å². The topological polar surface area (TPSA) is 77.7 Å². The van der Waals surface area contributed by atoms with Crippen LogP contribution >= 0.6 is 0 Å².